The standard InChI is InChI=1S/C23H21NO7S.C13H11ClO3S.C10H11NO4/c1-29-22(25)17-12-18(23(26)30-2)14-19(13-17)24-32(27,28)21-10-8-20(9-11-21)31-15-16-6-4-3-5-7-16;14-18(15,16)13-8-6-12(7-9-13)17-10-11-4-2-1-3-5-11;1-14-9(12)6-3-7(10(13)15-2)5-8(11)4-6/h3-14,24H,15H2,1-2H3;1-9H,10H2;3-5H,11H2,1-2H3. The molecule has 0 bridgehead atoms. The molecule has 65 heavy (non-hydrogen) atoms. The molecule has 0 saturated carbocycles. The molecule has 6 rings (SSSR count). The lowest BCUT2D eigenvalue weighted by molar-refractivity contribution is 0.0581. The van der Waals surface area contributed by atoms with Crippen molar-refractivity contribution in [3.63, 3.8) is 0 Å². The van der Waals surface area contributed by atoms with E-state index < -0.39 is 43.0 Å². The molecule has 6 aromatic rings. The van der Waals surface area contributed by atoms with Crippen LogP contribution < -0.4 is 19.9 Å². The maximum atomic E-state index is 12.8. The smallest absolute Gasteiger partial charge is 0.337 e. The summed E-state index contributed by atoms with van der Waals surface area (Å²) >= 11 is 0. The van der Waals surface area contributed by atoms with Gasteiger partial charge in [-0.25, -0.2) is 36.0 Å². The Labute approximate surface area is 380 Å². The molecule has 19 heteroatoms. The molecule has 0 radical (unpaired) electrons. The third-order valence-electron chi connectivity index (χ3n) is 8.56. The molecular weight excluding hydrogens is 904 g/mol. The van der Waals surface area contributed by atoms with Crippen LogP contribution in [0, 0.1) is 0 Å². The lowest BCUT2D eigenvalue weighted by Crippen LogP contribution is -2.15. The van der Waals surface area contributed by atoms with Crippen LogP contribution in [-0.4, -0.2) is 69.2 Å². The number of benzene rings is 6. The van der Waals surface area contributed by atoms with Crippen LogP contribution in [0.15, 0.2) is 155 Å². The van der Waals surface area contributed by atoms with E-state index in [9.17, 15) is 36.0 Å². The number of esters is 4. The van der Waals surface area contributed by atoms with Gasteiger partial charge in [-0.3, -0.25) is 4.72 Å². The third-order valence-corrected chi connectivity index (χ3v) is 11.3. The van der Waals surface area contributed by atoms with Crippen LogP contribution in [0.5, 0.6) is 11.5 Å². The van der Waals surface area contributed by atoms with Gasteiger partial charge in [0.2, 0.25) is 0 Å². The van der Waals surface area contributed by atoms with Crippen LogP contribution in [0.25, 0.3) is 0 Å². The molecule has 0 fully saturated rings. The number of nitrogen functional groups attached to an aromatic ring is 1. The van der Waals surface area contributed by atoms with Crippen LogP contribution in [0.1, 0.15) is 52.6 Å². The second-order valence-corrected chi connectivity index (χ2v) is 17.4. The van der Waals surface area contributed by atoms with Gasteiger partial charge in [-0.2, -0.15) is 0 Å². The predicted octanol–water partition coefficient (Wildman–Crippen LogP) is 7.67. The molecule has 3 N–H and O–H groups in total. The summed E-state index contributed by atoms with van der Waals surface area (Å²) in [7, 11) is 2.40. The topological polar surface area (TPSA) is 230 Å². The molecule has 0 saturated heterocycles. The second-order valence-electron chi connectivity index (χ2n) is 13.1. The summed E-state index contributed by atoms with van der Waals surface area (Å²) < 4.78 is 79.6. The largest absolute Gasteiger partial charge is 0.489 e. The van der Waals surface area contributed by atoms with Crippen molar-refractivity contribution in [2.24, 2.45) is 0 Å². The maximum absolute atomic E-state index is 12.8. The second kappa shape index (κ2) is 23.9. The molecule has 0 spiro atoms. The minimum absolute atomic E-state index is 0.00207. The van der Waals surface area contributed by atoms with Crippen molar-refractivity contribution < 1.29 is 64.4 Å². The monoisotopic (exact) mass is 946 g/mol. The molecule has 0 heterocycles. The lowest BCUT2D eigenvalue weighted by Gasteiger charge is -2.12. The lowest BCUT2D eigenvalue weighted by atomic mass is 10.1. The van der Waals surface area contributed by atoms with E-state index in [-0.39, 0.29) is 37.7 Å². The number of sulfonamides is 1. The van der Waals surface area contributed by atoms with E-state index in [0.717, 1.165) is 11.1 Å². The Morgan fingerprint density at radius 3 is 1.17 bits per heavy atom. The van der Waals surface area contributed by atoms with Crippen molar-refractivity contribution in [3.8, 4) is 11.5 Å². The molecule has 0 aliphatic heterocycles. The summed E-state index contributed by atoms with van der Waals surface area (Å²) in [6.45, 7) is 0.787. The summed E-state index contributed by atoms with van der Waals surface area (Å²) in [6.07, 6.45) is 0. The van der Waals surface area contributed by atoms with Gasteiger partial charge in [-0.15, -0.1) is 0 Å². The molecule has 0 aliphatic carbocycles. The highest BCUT2D eigenvalue weighted by Gasteiger charge is 2.19. The van der Waals surface area contributed by atoms with Crippen LogP contribution >= 0.6 is 10.7 Å². The number of carbonyl (C=O) groups is 4. The van der Waals surface area contributed by atoms with Gasteiger partial charge in [0.25, 0.3) is 19.1 Å². The molecule has 0 amide bonds. The fraction of sp³-hybridized carbons (Fsp3) is 0.130. The summed E-state index contributed by atoms with van der Waals surface area (Å²) in [5.74, 6) is -1.44. The van der Waals surface area contributed by atoms with Gasteiger partial charge in [-0.1, -0.05) is 60.7 Å². The minimum Gasteiger partial charge on any atom is -0.489 e. The highest BCUT2D eigenvalue weighted by atomic mass is 35.7. The SMILES string of the molecule is COC(=O)c1cc(N)cc(C(=O)OC)c1.COC(=O)c1cc(NS(=O)(=O)c2ccc(OCc3ccccc3)cc2)cc(C(=O)OC)c1.O=S(=O)(Cl)c1ccc(OCc2ccccc2)cc1. The zero-order valence-corrected chi connectivity index (χ0v) is 37.6. The van der Waals surface area contributed by atoms with Crippen molar-refractivity contribution >= 4 is 65.0 Å². The number of rotatable bonds is 14. The number of nitrogens with two attached hydrogens (primary N) is 1. The first kappa shape index (κ1) is 50.2. The molecule has 340 valence electrons. The van der Waals surface area contributed by atoms with Gasteiger partial charge in [0.15, 0.2) is 0 Å². The summed E-state index contributed by atoms with van der Waals surface area (Å²) in [6, 6.07) is 39.2. The number of methoxy groups -OCH3 is 4. The third kappa shape index (κ3) is 15.7. The first-order valence-electron chi connectivity index (χ1n) is 18.9. The quantitative estimate of drug-likeness (QED) is 0.0462. The Morgan fingerprint density at radius 1 is 0.492 bits per heavy atom. The average molecular weight is 947 g/mol. The minimum atomic E-state index is -4.01. The van der Waals surface area contributed by atoms with Gasteiger partial charge >= 0.3 is 23.9 Å². The van der Waals surface area contributed by atoms with Crippen LogP contribution in [0.3, 0.4) is 0 Å². The van der Waals surface area contributed by atoms with E-state index in [1.807, 2.05) is 60.7 Å². The normalized spacial score (nSPS) is 10.6. The number of carbonyl (C=O) groups excluding carboxylic acids is 4. The molecule has 6 aromatic carbocycles. The van der Waals surface area contributed by atoms with E-state index >= 15 is 0 Å². The van der Waals surface area contributed by atoms with Gasteiger partial charge in [0.1, 0.15) is 24.7 Å². The van der Waals surface area contributed by atoms with E-state index in [1.165, 1.54) is 89.1 Å². The molecule has 0 aromatic heterocycles. The zero-order valence-electron chi connectivity index (χ0n) is 35.3. The van der Waals surface area contributed by atoms with Crippen LogP contribution in [0.4, 0.5) is 11.4 Å². The molecule has 0 unspecified atom stereocenters. The van der Waals surface area contributed by atoms with Crippen molar-refractivity contribution in [1.29, 1.82) is 0 Å². The number of nitrogens with one attached hydrogen (secondary N) is 1. The van der Waals surface area contributed by atoms with E-state index in [4.69, 9.17) is 25.9 Å². The van der Waals surface area contributed by atoms with E-state index in [1.54, 1.807) is 24.3 Å². The number of halogens is 1. The number of hydrogen-bond donors (Lipinski definition) is 2. The Morgan fingerprint density at radius 2 is 0.831 bits per heavy atom. The zero-order chi connectivity index (χ0) is 47.6. The van der Waals surface area contributed by atoms with Gasteiger partial charge in [0.05, 0.1) is 66.2 Å². The maximum Gasteiger partial charge on any atom is 0.337 e. The van der Waals surface area contributed by atoms with E-state index in [2.05, 4.69) is 23.7 Å². The Hall–Kier alpha value is -7.41. The van der Waals surface area contributed by atoms with Crippen LogP contribution in [-0.2, 0) is 51.2 Å². The van der Waals surface area contributed by atoms with Gasteiger partial charge in [-0.05, 0) is 96.1 Å². The summed E-state index contributed by atoms with van der Waals surface area (Å²) in [5.41, 5.74) is 8.31. The first-order valence-corrected chi connectivity index (χ1v) is 22.7. The fourth-order valence-electron chi connectivity index (χ4n) is 5.39. The highest BCUT2D eigenvalue weighted by Crippen LogP contribution is 2.24. The van der Waals surface area contributed by atoms with E-state index in [0.29, 0.717) is 30.4 Å². The Bertz CT molecular complexity index is 2720. The van der Waals surface area contributed by atoms with Crippen molar-refractivity contribution in [2.75, 3.05) is 38.9 Å². The number of anilines is 2. The molecule has 0 atom stereocenters. The number of ether oxygens (including phenoxy) is 6. The Balaban J connectivity index is 0.000000236. The summed E-state index contributed by atoms with van der Waals surface area (Å²) in [5, 5.41) is 0. The van der Waals surface area contributed by atoms with Crippen molar-refractivity contribution in [3.05, 3.63) is 179 Å². The first-order chi connectivity index (χ1) is 31.0. The van der Waals surface area contributed by atoms with Gasteiger partial charge in [0, 0.05) is 16.4 Å². The fourth-order valence-corrected chi connectivity index (χ4v) is 7.20. The van der Waals surface area contributed by atoms with Crippen molar-refractivity contribution in [1.82, 2.24) is 0 Å². The number of hydrogen-bond acceptors (Lipinski definition) is 15. The van der Waals surface area contributed by atoms with Crippen LogP contribution in [0.2, 0.25) is 0 Å². The molecular formula is C46H43ClN2O14S2. The van der Waals surface area contributed by atoms with Crippen molar-refractivity contribution in [2.45, 2.75) is 23.0 Å². The predicted molar refractivity (Wildman–Crippen MR) is 241 cm³/mol. The van der Waals surface area contributed by atoms with Gasteiger partial charge < -0.3 is 34.2 Å². The molecule has 0 aliphatic rings. The summed E-state index contributed by atoms with van der Waals surface area (Å²) in [4.78, 5) is 46.2. The average Bonchev–Trinajstić information content (AvgIpc) is 3.32. The molecule has 16 nitrogen and oxygen atoms in total. The Kier molecular flexibility index (Phi) is 18.5. The highest BCUT2D eigenvalue weighted by molar-refractivity contribution is 8.13.